The van der Waals surface area contributed by atoms with Crippen molar-refractivity contribution in [2.75, 3.05) is 26.4 Å². The Labute approximate surface area is 113 Å². The van der Waals surface area contributed by atoms with Crippen LogP contribution in [0.4, 0.5) is 0 Å². The third-order valence-electron chi connectivity index (χ3n) is 2.86. The molecule has 0 spiro atoms. The fourth-order valence-corrected chi connectivity index (χ4v) is 2.41. The molecule has 0 aliphatic rings. The number of aromatic hydroxyl groups is 2. The van der Waals surface area contributed by atoms with E-state index < -0.39 is 10.1 Å². The zero-order chi connectivity index (χ0) is 14.7. The molecule has 0 amide bonds. The number of hydrogen-bond acceptors (Lipinski definition) is 4. The van der Waals surface area contributed by atoms with Gasteiger partial charge in [0.1, 0.15) is 6.54 Å². The van der Waals surface area contributed by atoms with Crippen LogP contribution in [-0.4, -0.2) is 54.1 Å². The van der Waals surface area contributed by atoms with Gasteiger partial charge < -0.3 is 14.7 Å². The first kappa shape index (κ1) is 15.7. The minimum absolute atomic E-state index is 0.150. The average Bonchev–Trinajstić information content (AvgIpc) is 2.22. The Morgan fingerprint density at radius 3 is 2.42 bits per heavy atom. The van der Waals surface area contributed by atoms with Crippen molar-refractivity contribution in [3.8, 4) is 11.5 Å². The Kier molecular flexibility index (Phi) is 4.78. The SMILES string of the molecule is C[N+](C)(CCCS(=O)(=O)O)Cc1cccc(O)c1O. The third-order valence-corrected chi connectivity index (χ3v) is 3.67. The second-order valence-corrected chi connectivity index (χ2v) is 6.81. The quantitative estimate of drug-likeness (QED) is 0.412. The molecule has 0 aliphatic heterocycles. The molecule has 1 aromatic carbocycles. The van der Waals surface area contributed by atoms with E-state index in [1.807, 2.05) is 14.1 Å². The van der Waals surface area contributed by atoms with Crippen LogP contribution < -0.4 is 0 Å². The minimum Gasteiger partial charge on any atom is -0.504 e. The van der Waals surface area contributed by atoms with Crippen molar-refractivity contribution in [3.05, 3.63) is 23.8 Å². The highest BCUT2D eigenvalue weighted by Crippen LogP contribution is 2.29. The highest BCUT2D eigenvalue weighted by Gasteiger charge is 2.20. The van der Waals surface area contributed by atoms with Crippen molar-refractivity contribution in [1.29, 1.82) is 0 Å². The molecule has 0 aliphatic carbocycles. The lowest BCUT2D eigenvalue weighted by molar-refractivity contribution is -0.903. The number of phenols is 2. The fraction of sp³-hybridized carbons (Fsp3) is 0.500. The third kappa shape index (κ3) is 5.46. The Balaban J connectivity index is 2.66. The molecule has 108 valence electrons. The van der Waals surface area contributed by atoms with E-state index in [-0.39, 0.29) is 17.3 Å². The number of phenolic OH excluding ortho intramolecular Hbond substituents is 2. The van der Waals surface area contributed by atoms with E-state index in [0.717, 1.165) is 0 Å². The second-order valence-electron chi connectivity index (χ2n) is 5.24. The number of rotatable bonds is 6. The van der Waals surface area contributed by atoms with E-state index in [0.29, 0.717) is 29.6 Å². The summed E-state index contributed by atoms with van der Waals surface area (Å²) in [7, 11) is -0.169. The first-order valence-corrected chi connectivity index (χ1v) is 7.49. The Morgan fingerprint density at radius 2 is 1.84 bits per heavy atom. The maximum atomic E-state index is 10.6. The topological polar surface area (TPSA) is 94.8 Å². The molecule has 0 atom stereocenters. The van der Waals surface area contributed by atoms with Crippen molar-refractivity contribution < 1.29 is 27.7 Å². The predicted octanol–water partition coefficient (Wildman–Crippen LogP) is 0.952. The molecule has 6 nitrogen and oxygen atoms in total. The van der Waals surface area contributed by atoms with Gasteiger partial charge in [0.15, 0.2) is 11.5 Å². The molecular formula is C12H20NO5S+. The van der Waals surface area contributed by atoms with Crippen LogP contribution in [0.5, 0.6) is 11.5 Å². The summed E-state index contributed by atoms with van der Waals surface area (Å²) in [6.07, 6.45) is 0.325. The van der Waals surface area contributed by atoms with Gasteiger partial charge in [0.25, 0.3) is 10.1 Å². The summed E-state index contributed by atoms with van der Waals surface area (Å²) >= 11 is 0. The molecule has 0 unspecified atom stereocenters. The van der Waals surface area contributed by atoms with Crippen LogP contribution in [-0.2, 0) is 16.7 Å². The van der Waals surface area contributed by atoms with E-state index in [2.05, 4.69) is 0 Å². The standard InChI is InChI=1S/C12H19NO5S/c1-13(2,7-4-8-19(16,17)18)9-10-5-3-6-11(14)12(10)15/h3,5-6H,4,7-9H2,1-2H3,(H2-,14,15,16,17,18)/p+1. The Morgan fingerprint density at radius 1 is 1.21 bits per heavy atom. The maximum Gasteiger partial charge on any atom is 0.265 e. The molecule has 0 heterocycles. The van der Waals surface area contributed by atoms with Gasteiger partial charge in [-0.1, -0.05) is 6.07 Å². The van der Waals surface area contributed by atoms with E-state index in [1.165, 1.54) is 6.07 Å². The normalized spacial score (nSPS) is 12.6. The molecule has 0 fully saturated rings. The van der Waals surface area contributed by atoms with Crippen LogP contribution in [0.25, 0.3) is 0 Å². The second kappa shape index (κ2) is 5.77. The zero-order valence-electron chi connectivity index (χ0n) is 11.1. The molecule has 0 bridgehead atoms. The van der Waals surface area contributed by atoms with E-state index >= 15 is 0 Å². The maximum absolute atomic E-state index is 10.6. The highest BCUT2D eigenvalue weighted by molar-refractivity contribution is 7.85. The van der Waals surface area contributed by atoms with Crippen LogP contribution in [0, 0.1) is 0 Å². The lowest BCUT2D eigenvalue weighted by Crippen LogP contribution is -2.40. The number of benzene rings is 1. The fourth-order valence-electron chi connectivity index (χ4n) is 1.92. The highest BCUT2D eigenvalue weighted by atomic mass is 32.2. The van der Waals surface area contributed by atoms with Gasteiger partial charge in [-0.3, -0.25) is 4.55 Å². The Bertz CT molecular complexity index is 539. The summed E-state index contributed by atoms with van der Waals surface area (Å²) in [6, 6.07) is 4.75. The van der Waals surface area contributed by atoms with Gasteiger partial charge in [0.2, 0.25) is 0 Å². The van der Waals surface area contributed by atoms with Crippen LogP contribution in [0.2, 0.25) is 0 Å². The summed E-state index contributed by atoms with van der Waals surface area (Å²) in [6.45, 7) is 0.973. The number of hydrogen-bond donors (Lipinski definition) is 3. The van der Waals surface area contributed by atoms with Gasteiger partial charge in [-0.05, 0) is 12.1 Å². The molecule has 7 heteroatoms. The van der Waals surface area contributed by atoms with E-state index in [4.69, 9.17) is 4.55 Å². The predicted molar refractivity (Wildman–Crippen MR) is 71.5 cm³/mol. The van der Waals surface area contributed by atoms with Crippen LogP contribution >= 0.6 is 0 Å². The van der Waals surface area contributed by atoms with Gasteiger partial charge in [-0.2, -0.15) is 8.42 Å². The lowest BCUT2D eigenvalue weighted by Gasteiger charge is -2.30. The van der Waals surface area contributed by atoms with Crippen molar-refractivity contribution in [2.45, 2.75) is 13.0 Å². The summed E-state index contributed by atoms with van der Waals surface area (Å²) in [4.78, 5) is 0. The largest absolute Gasteiger partial charge is 0.504 e. The lowest BCUT2D eigenvalue weighted by atomic mass is 10.1. The first-order chi connectivity index (χ1) is 8.61. The van der Waals surface area contributed by atoms with Crippen molar-refractivity contribution in [2.24, 2.45) is 0 Å². The summed E-state index contributed by atoms with van der Waals surface area (Å²) < 4.78 is 30.4. The summed E-state index contributed by atoms with van der Waals surface area (Å²) in [5.74, 6) is -0.598. The smallest absolute Gasteiger partial charge is 0.265 e. The van der Waals surface area contributed by atoms with Crippen LogP contribution in [0.1, 0.15) is 12.0 Å². The number of quaternary nitrogens is 1. The Hall–Kier alpha value is -1.31. The zero-order valence-corrected chi connectivity index (χ0v) is 11.9. The molecule has 1 aromatic rings. The summed E-state index contributed by atoms with van der Waals surface area (Å²) in [5, 5.41) is 19.1. The molecule has 0 saturated heterocycles. The van der Waals surface area contributed by atoms with E-state index in [1.54, 1.807) is 12.1 Å². The van der Waals surface area contributed by atoms with Gasteiger partial charge in [0.05, 0.1) is 32.0 Å². The number of para-hydroxylation sites is 1. The van der Waals surface area contributed by atoms with Gasteiger partial charge in [0, 0.05) is 6.42 Å². The van der Waals surface area contributed by atoms with Crippen molar-refractivity contribution in [1.82, 2.24) is 0 Å². The van der Waals surface area contributed by atoms with Gasteiger partial charge in [-0.15, -0.1) is 0 Å². The van der Waals surface area contributed by atoms with Gasteiger partial charge >= 0.3 is 0 Å². The van der Waals surface area contributed by atoms with Crippen LogP contribution in [0.3, 0.4) is 0 Å². The molecule has 0 saturated carbocycles. The molecular weight excluding hydrogens is 270 g/mol. The molecule has 3 N–H and O–H groups in total. The summed E-state index contributed by atoms with van der Waals surface area (Å²) in [5.41, 5.74) is 0.594. The van der Waals surface area contributed by atoms with Crippen LogP contribution in [0.15, 0.2) is 18.2 Å². The molecule has 19 heavy (non-hydrogen) atoms. The first-order valence-electron chi connectivity index (χ1n) is 5.88. The van der Waals surface area contributed by atoms with Gasteiger partial charge in [-0.25, -0.2) is 0 Å². The number of nitrogens with zero attached hydrogens (tertiary/aromatic N) is 1. The van der Waals surface area contributed by atoms with Crippen molar-refractivity contribution >= 4 is 10.1 Å². The molecule has 0 radical (unpaired) electrons. The molecule has 1 rings (SSSR count). The van der Waals surface area contributed by atoms with E-state index in [9.17, 15) is 18.6 Å². The van der Waals surface area contributed by atoms with Crippen molar-refractivity contribution in [3.63, 3.8) is 0 Å². The molecule has 0 aromatic heterocycles. The average molecular weight is 290 g/mol. The monoisotopic (exact) mass is 290 g/mol. The minimum atomic E-state index is -3.93.